The van der Waals surface area contributed by atoms with Gasteiger partial charge in [-0.3, -0.25) is 9.59 Å². The van der Waals surface area contributed by atoms with Gasteiger partial charge in [-0.1, -0.05) is 23.2 Å². The molecular formula is C15H18Cl2N2O4. The fraction of sp³-hybridized carbons (Fsp3) is 0.467. The number of hydrogen-bond donors (Lipinski definition) is 3. The molecule has 1 aliphatic rings. The maximum atomic E-state index is 12.0. The SMILES string of the molecule is O=C(CC(NCC1CCCO1)C(=O)O)Nc1ccc(Cl)cc1Cl. The minimum atomic E-state index is -1.08. The first-order chi connectivity index (χ1) is 11.0. The number of benzene rings is 1. The van der Waals surface area contributed by atoms with Crippen molar-refractivity contribution in [2.24, 2.45) is 0 Å². The Balaban J connectivity index is 1.88. The average Bonchev–Trinajstić information content (AvgIpc) is 2.99. The standard InChI is InChI=1S/C15H18Cl2N2O4/c16-9-3-4-12(11(17)6-9)19-14(20)7-13(15(21)22)18-8-10-2-1-5-23-10/h3-4,6,10,13,18H,1-2,5,7-8H2,(H,19,20)(H,21,22). The van der Waals surface area contributed by atoms with Crippen molar-refractivity contribution in [3.63, 3.8) is 0 Å². The van der Waals surface area contributed by atoms with E-state index in [0.717, 1.165) is 12.8 Å². The molecule has 126 valence electrons. The number of ether oxygens (including phenoxy) is 1. The number of rotatable bonds is 7. The number of halogens is 2. The zero-order valence-electron chi connectivity index (χ0n) is 12.4. The van der Waals surface area contributed by atoms with E-state index in [1.165, 1.54) is 6.07 Å². The number of hydrogen-bond acceptors (Lipinski definition) is 4. The van der Waals surface area contributed by atoms with Gasteiger partial charge in [0.2, 0.25) is 5.91 Å². The topological polar surface area (TPSA) is 87.7 Å². The lowest BCUT2D eigenvalue weighted by Gasteiger charge is -2.17. The van der Waals surface area contributed by atoms with Gasteiger partial charge in [-0.05, 0) is 31.0 Å². The van der Waals surface area contributed by atoms with Gasteiger partial charge in [-0.25, -0.2) is 0 Å². The summed E-state index contributed by atoms with van der Waals surface area (Å²) in [5.74, 6) is -1.53. The summed E-state index contributed by atoms with van der Waals surface area (Å²) in [6, 6.07) is 3.68. The van der Waals surface area contributed by atoms with Crippen LogP contribution in [0.5, 0.6) is 0 Å². The van der Waals surface area contributed by atoms with E-state index >= 15 is 0 Å². The number of aliphatic carboxylic acids is 1. The van der Waals surface area contributed by atoms with Crippen LogP contribution in [0, 0.1) is 0 Å². The predicted octanol–water partition coefficient (Wildman–Crippen LogP) is 2.54. The molecule has 1 amide bonds. The van der Waals surface area contributed by atoms with E-state index in [4.69, 9.17) is 27.9 Å². The summed E-state index contributed by atoms with van der Waals surface area (Å²) in [5.41, 5.74) is 0.393. The highest BCUT2D eigenvalue weighted by Crippen LogP contribution is 2.25. The zero-order valence-corrected chi connectivity index (χ0v) is 13.9. The van der Waals surface area contributed by atoms with Crippen LogP contribution in [0.1, 0.15) is 19.3 Å². The van der Waals surface area contributed by atoms with E-state index in [0.29, 0.717) is 28.9 Å². The summed E-state index contributed by atoms with van der Waals surface area (Å²) in [6.07, 6.45) is 1.66. The molecule has 0 aliphatic carbocycles. The van der Waals surface area contributed by atoms with Gasteiger partial charge in [0.05, 0.1) is 23.2 Å². The van der Waals surface area contributed by atoms with Crippen molar-refractivity contribution in [3.8, 4) is 0 Å². The molecular weight excluding hydrogens is 343 g/mol. The number of anilines is 1. The highest BCUT2D eigenvalue weighted by atomic mass is 35.5. The number of carbonyl (C=O) groups is 2. The van der Waals surface area contributed by atoms with Crippen LogP contribution in [0.3, 0.4) is 0 Å². The van der Waals surface area contributed by atoms with Crippen LogP contribution in [0.2, 0.25) is 10.0 Å². The van der Waals surface area contributed by atoms with Crippen molar-refractivity contribution in [2.75, 3.05) is 18.5 Å². The average molecular weight is 361 g/mol. The molecule has 6 nitrogen and oxygen atoms in total. The third-order valence-corrected chi connectivity index (χ3v) is 4.06. The third-order valence-electron chi connectivity index (χ3n) is 3.51. The Morgan fingerprint density at radius 1 is 1.39 bits per heavy atom. The van der Waals surface area contributed by atoms with Crippen molar-refractivity contribution in [3.05, 3.63) is 28.2 Å². The largest absolute Gasteiger partial charge is 0.480 e. The lowest BCUT2D eigenvalue weighted by molar-refractivity contribution is -0.141. The van der Waals surface area contributed by atoms with Gasteiger partial charge in [-0.2, -0.15) is 0 Å². The lowest BCUT2D eigenvalue weighted by Crippen LogP contribution is -2.43. The zero-order chi connectivity index (χ0) is 16.8. The van der Waals surface area contributed by atoms with Crippen molar-refractivity contribution < 1.29 is 19.4 Å². The molecule has 1 aliphatic heterocycles. The van der Waals surface area contributed by atoms with Crippen LogP contribution >= 0.6 is 23.2 Å². The van der Waals surface area contributed by atoms with E-state index in [1.807, 2.05) is 0 Å². The molecule has 1 aromatic rings. The fourth-order valence-corrected chi connectivity index (χ4v) is 2.76. The van der Waals surface area contributed by atoms with Gasteiger partial charge >= 0.3 is 5.97 Å². The minimum Gasteiger partial charge on any atom is -0.480 e. The molecule has 2 atom stereocenters. The van der Waals surface area contributed by atoms with Crippen LogP contribution in [-0.4, -0.2) is 42.3 Å². The Kier molecular flexibility index (Phi) is 6.65. The fourth-order valence-electron chi connectivity index (χ4n) is 2.30. The monoisotopic (exact) mass is 360 g/mol. The van der Waals surface area contributed by atoms with Gasteiger partial charge in [-0.15, -0.1) is 0 Å². The molecule has 0 bridgehead atoms. The van der Waals surface area contributed by atoms with Gasteiger partial charge in [0.25, 0.3) is 0 Å². The molecule has 1 fully saturated rings. The van der Waals surface area contributed by atoms with E-state index in [-0.39, 0.29) is 12.5 Å². The molecule has 3 N–H and O–H groups in total. The second-order valence-electron chi connectivity index (χ2n) is 5.31. The summed E-state index contributed by atoms with van der Waals surface area (Å²) in [4.78, 5) is 23.3. The maximum Gasteiger partial charge on any atom is 0.321 e. The summed E-state index contributed by atoms with van der Waals surface area (Å²) in [7, 11) is 0. The summed E-state index contributed by atoms with van der Waals surface area (Å²) in [5, 5.41) is 15.4. The lowest BCUT2D eigenvalue weighted by atomic mass is 10.1. The summed E-state index contributed by atoms with van der Waals surface area (Å²) < 4.78 is 5.42. The first-order valence-corrected chi connectivity index (χ1v) is 8.04. The number of nitrogens with one attached hydrogen (secondary N) is 2. The van der Waals surface area contributed by atoms with Crippen molar-refractivity contribution in [1.82, 2.24) is 5.32 Å². The first kappa shape index (κ1) is 18.0. The molecule has 23 heavy (non-hydrogen) atoms. The Labute approximate surface area is 144 Å². The smallest absolute Gasteiger partial charge is 0.321 e. The first-order valence-electron chi connectivity index (χ1n) is 7.28. The number of carbonyl (C=O) groups excluding carboxylic acids is 1. The van der Waals surface area contributed by atoms with E-state index < -0.39 is 17.9 Å². The molecule has 0 aromatic heterocycles. The second-order valence-corrected chi connectivity index (χ2v) is 6.15. The van der Waals surface area contributed by atoms with Gasteiger partial charge in [0.15, 0.2) is 0 Å². The van der Waals surface area contributed by atoms with Crippen LogP contribution in [0.15, 0.2) is 18.2 Å². The van der Waals surface area contributed by atoms with Crippen LogP contribution < -0.4 is 10.6 Å². The number of carboxylic acid groups (broad SMARTS) is 1. The van der Waals surface area contributed by atoms with Crippen molar-refractivity contribution in [2.45, 2.75) is 31.4 Å². The van der Waals surface area contributed by atoms with E-state index in [2.05, 4.69) is 10.6 Å². The quantitative estimate of drug-likeness (QED) is 0.695. The Morgan fingerprint density at radius 2 is 2.17 bits per heavy atom. The maximum absolute atomic E-state index is 12.0. The second kappa shape index (κ2) is 8.49. The highest BCUT2D eigenvalue weighted by Gasteiger charge is 2.24. The Hall–Kier alpha value is -1.34. The van der Waals surface area contributed by atoms with Gasteiger partial charge in [0.1, 0.15) is 6.04 Å². The summed E-state index contributed by atoms with van der Waals surface area (Å²) >= 11 is 11.8. The van der Waals surface area contributed by atoms with Crippen LogP contribution in [0.25, 0.3) is 0 Å². The normalized spacial score (nSPS) is 18.6. The van der Waals surface area contributed by atoms with Crippen LogP contribution in [-0.2, 0) is 14.3 Å². The molecule has 2 unspecified atom stereocenters. The number of amides is 1. The highest BCUT2D eigenvalue weighted by molar-refractivity contribution is 6.36. The van der Waals surface area contributed by atoms with Crippen molar-refractivity contribution in [1.29, 1.82) is 0 Å². The molecule has 1 saturated heterocycles. The molecule has 0 saturated carbocycles. The Bertz CT molecular complexity index is 577. The van der Waals surface area contributed by atoms with Gasteiger partial charge < -0.3 is 20.5 Å². The van der Waals surface area contributed by atoms with Gasteiger partial charge in [0, 0.05) is 18.2 Å². The molecule has 1 heterocycles. The molecule has 8 heteroatoms. The van der Waals surface area contributed by atoms with Crippen molar-refractivity contribution >= 4 is 40.8 Å². The molecule has 0 radical (unpaired) electrons. The predicted molar refractivity (Wildman–Crippen MR) is 88.1 cm³/mol. The molecule has 0 spiro atoms. The molecule has 2 rings (SSSR count). The minimum absolute atomic E-state index is 0.00520. The Morgan fingerprint density at radius 3 is 2.78 bits per heavy atom. The third kappa shape index (κ3) is 5.66. The van der Waals surface area contributed by atoms with E-state index in [1.54, 1.807) is 12.1 Å². The number of carboxylic acids is 1. The molecule has 1 aromatic carbocycles. The van der Waals surface area contributed by atoms with E-state index in [9.17, 15) is 14.7 Å². The summed E-state index contributed by atoms with van der Waals surface area (Å²) in [6.45, 7) is 1.10. The van der Waals surface area contributed by atoms with Crippen LogP contribution in [0.4, 0.5) is 5.69 Å².